The zero-order valence-corrected chi connectivity index (χ0v) is 11.3. The van der Waals surface area contributed by atoms with Crippen LogP contribution in [0.2, 0.25) is 0 Å². The molecule has 0 radical (unpaired) electrons. The minimum absolute atomic E-state index is 0.706. The molecule has 1 atom stereocenters. The highest BCUT2D eigenvalue weighted by molar-refractivity contribution is 7.98. The van der Waals surface area contributed by atoms with Gasteiger partial charge in [-0.3, -0.25) is 0 Å². The third-order valence-electron chi connectivity index (χ3n) is 2.36. The maximum atomic E-state index is 4.26. The van der Waals surface area contributed by atoms with Crippen LogP contribution in [0.5, 0.6) is 0 Å². The maximum Gasteiger partial charge on any atom is 0.140 e. The van der Waals surface area contributed by atoms with Crippen molar-refractivity contribution in [2.45, 2.75) is 33.4 Å². The van der Waals surface area contributed by atoms with Crippen molar-refractivity contribution in [3.63, 3.8) is 0 Å². The Kier molecular flexibility index (Phi) is 6.49. The molecule has 4 nitrogen and oxygen atoms in total. The zero-order chi connectivity index (χ0) is 11.8. The van der Waals surface area contributed by atoms with Gasteiger partial charge in [0.2, 0.25) is 0 Å². The highest BCUT2D eigenvalue weighted by atomic mass is 32.2. The fourth-order valence-electron chi connectivity index (χ4n) is 1.60. The molecule has 1 aromatic rings. The molecular weight excluding hydrogens is 220 g/mol. The van der Waals surface area contributed by atoms with Crippen LogP contribution in [0.1, 0.15) is 26.1 Å². The number of hydrogen-bond donors (Lipinski definition) is 1. The van der Waals surface area contributed by atoms with Crippen LogP contribution < -0.4 is 5.32 Å². The molecule has 92 valence electrons. The second-order valence-corrected chi connectivity index (χ2v) is 5.00. The summed E-state index contributed by atoms with van der Waals surface area (Å²) in [6, 6.07) is 0. The van der Waals surface area contributed by atoms with E-state index in [0.717, 1.165) is 31.9 Å². The van der Waals surface area contributed by atoms with Gasteiger partial charge < -0.3 is 5.32 Å². The lowest BCUT2D eigenvalue weighted by atomic mass is 10.2. The summed E-state index contributed by atoms with van der Waals surface area (Å²) in [5.74, 6) is 2.95. The summed E-state index contributed by atoms with van der Waals surface area (Å²) >= 11 is 1.90. The molecule has 16 heavy (non-hydrogen) atoms. The number of aryl methyl sites for hydroxylation is 1. The molecule has 5 heteroatoms. The van der Waals surface area contributed by atoms with Crippen molar-refractivity contribution >= 4 is 11.8 Å². The Hall–Kier alpha value is -0.550. The van der Waals surface area contributed by atoms with E-state index in [9.17, 15) is 0 Å². The van der Waals surface area contributed by atoms with Crippen molar-refractivity contribution < 1.29 is 0 Å². The van der Waals surface area contributed by atoms with Gasteiger partial charge in [-0.2, -0.15) is 16.9 Å². The lowest BCUT2D eigenvalue weighted by molar-refractivity contribution is 0.511. The van der Waals surface area contributed by atoms with Crippen LogP contribution in [0.25, 0.3) is 0 Å². The number of nitrogens with one attached hydrogen (secondary N) is 1. The number of thioether (sulfide) groups is 1. The van der Waals surface area contributed by atoms with Gasteiger partial charge in [0.25, 0.3) is 0 Å². The van der Waals surface area contributed by atoms with Crippen LogP contribution in [-0.4, -0.2) is 33.3 Å². The van der Waals surface area contributed by atoms with E-state index >= 15 is 0 Å². The largest absolute Gasteiger partial charge is 0.310 e. The van der Waals surface area contributed by atoms with Crippen molar-refractivity contribution in [2.75, 3.05) is 18.6 Å². The molecule has 0 aromatic carbocycles. The lowest BCUT2D eigenvalue weighted by Crippen LogP contribution is -2.24. The van der Waals surface area contributed by atoms with E-state index in [4.69, 9.17) is 0 Å². The van der Waals surface area contributed by atoms with Gasteiger partial charge in [0.1, 0.15) is 12.2 Å². The fraction of sp³-hybridized carbons (Fsp3) is 0.818. The molecule has 1 rings (SSSR count). The molecule has 0 saturated heterocycles. The van der Waals surface area contributed by atoms with Crippen LogP contribution in [-0.2, 0) is 13.1 Å². The summed E-state index contributed by atoms with van der Waals surface area (Å²) in [6.07, 6.45) is 4.88. The fourth-order valence-corrected chi connectivity index (χ4v) is 2.28. The third kappa shape index (κ3) is 4.53. The summed E-state index contributed by atoms with van der Waals surface area (Å²) < 4.78 is 1.98. The van der Waals surface area contributed by atoms with Gasteiger partial charge in [-0.1, -0.05) is 13.8 Å². The van der Waals surface area contributed by atoms with Crippen LogP contribution in [0.15, 0.2) is 6.33 Å². The lowest BCUT2D eigenvalue weighted by Gasteiger charge is -2.11. The smallest absolute Gasteiger partial charge is 0.140 e. The minimum Gasteiger partial charge on any atom is -0.310 e. The molecular formula is C11H22N4S. The molecule has 1 N–H and O–H groups in total. The molecule has 0 aliphatic rings. The monoisotopic (exact) mass is 242 g/mol. The van der Waals surface area contributed by atoms with Gasteiger partial charge >= 0.3 is 0 Å². The standard InChI is InChI=1S/C11H22N4S/c1-4-5-15-11(13-9-14-15)7-12-6-10(2)8-16-3/h9-10,12H,4-8H2,1-3H3. The quantitative estimate of drug-likeness (QED) is 0.754. The van der Waals surface area contributed by atoms with E-state index in [1.54, 1.807) is 6.33 Å². The Bertz CT molecular complexity index is 287. The zero-order valence-electron chi connectivity index (χ0n) is 10.4. The van der Waals surface area contributed by atoms with Crippen LogP contribution >= 0.6 is 11.8 Å². The Morgan fingerprint density at radius 2 is 2.38 bits per heavy atom. The van der Waals surface area contributed by atoms with E-state index in [2.05, 4.69) is 35.5 Å². The molecule has 0 amide bonds. The Morgan fingerprint density at radius 1 is 1.56 bits per heavy atom. The molecule has 0 saturated carbocycles. The third-order valence-corrected chi connectivity index (χ3v) is 3.26. The highest BCUT2D eigenvalue weighted by Crippen LogP contribution is 2.03. The second-order valence-electron chi connectivity index (χ2n) is 4.09. The van der Waals surface area contributed by atoms with Crippen molar-refractivity contribution in [3.05, 3.63) is 12.2 Å². The van der Waals surface area contributed by atoms with Crippen LogP contribution in [0.4, 0.5) is 0 Å². The molecule has 0 bridgehead atoms. The van der Waals surface area contributed by atoms with Gasteiger partial charge in [0.15, 0.2) is 0 Å². The van der Waals surface area contributed by atoms with Crippen molar-refractivity contribution in [2.24, 2.45) is 5.92 Å². The summed E-state index contributed by atoms with van der Waals surface area (Å²) in [6.45, 7) is 7.23. The van der Waals surface area contributed by atoms with Crippen molar-refractivity contribution in [3.8, 4) is 0 Å². The SMILES string of the molecule is CCCn1ncnc1CNCC(C)CSC. The average molecular weight is 242 g/mol. The van der Waals surface area contributed by atoms with Crippen molar-refractivity contribution in [1.29, 1.82) is 0 Å². The van der Waals surface area contributed by atoms with E-state index in [1.165, 1.54) is 5.75 Å². The van der Waals surface area contributed by atoms with Gasteiger partial charge in [0, 0.05) is 6.54 Å². The molecule has 0 spiro atoms. The molecule has 0 aliphatic carbocycles. The Labute approximate surface area is 102 Å². The minimum atomic E-state index is 0.706. The average Bonchev–Trinajstić information content (AvgIpc) is 2.67. The van der Waals surface area contributed by atoms with Crippen molar-refractivity contribution in [1.82, 2.24) is 20.1 Å². The molecule has 1 heterocycles. The second kappa shape index (κ2) is 7.68. The van der Waals surface area contributed by atoms with E-state index in [1.807, 2.05) is 16.4 Å². The van der Waals surface area contributed by atoms with E-state index in [0.29, 0.717) is 5.92 Å². The van der Waals surface area contributed by atoms with Gasteiger partial charge in [-0.25, -0.2) is 9.67 Å². The molecule has 1 aromatic heterocycles. The number of nitrogens with zero attached hydrogens (tertiary/aromatic N) is 3. The Balaban J connectivity index is 2.28. The van der Waals surface area contributed by atoms with E-state index in [-0.39, 0.29) is 0 Å². The van der Waals surface area contributed by atoms with Gasteiger partial charge in [0.05, 0.1) is 6.54 Å². The number of rotatable bonds is 8. The first-order valence-corrected chi connectivity index (χ1v) is 7.23. The maximum absolute atomic E-state index is 4.26. The summed E-state index contributed by atoms with van der Waals surface area (Å²) in [5, 5.41) is 7.64. The predicted molar refractivity (Wildman–Crippen MR) is 69.6 cm³/mol. The first-order valence-electron chi connectivity index (χ1n) is 5.84. The summed E-state index contributed by atoms with van der Waals surface area (Å²) in [7, 11) is 0. The highest BCUT2D eigenvalue weighted by Gasteiger charge is 2.04. The summed E-state index contributed by atoms with van der Waals surface area (Å²) in [5.41, 5.74) is 0. The normalized spacial score (nSPS) is 12.9. The van der Waals surface area contributed by atoms with E-state index < -0.39 is 0 Å². The predicted octanol–water partition coefficient (Wildman–Crippen LogP) is 1.78. The number of aromatic nitrogens is 3. The molecule has 0 fully saturated rings. The summed E-state index contributed by atoms with van der Waals surface area (Å²) in [4.78, 5) is 4.26. The topological polar surface area (TPSA) is 42.7 Å². The molecule has 0 aliphatic heterocycles. The van der Waals surface area contributed by atoms with Crippen LogP contribution in [0.3, 0.4) is 0 Å². The first-order chi connectivity index (χ1) is 7.77. The number of hydrogen-bond acceptors (Lipinski definition) is 4. The van der Waals surface area contributed by atoms with Crippen LogP contribution in [0, 0.1) is 5.92 Å². The first kappa shape index (κ1) is 13.5. The Morgan fingerprint density at radius 3 is 3.06 bits per heavy atom. The molecule has 1 unspecified atom stereocenters. The van der Waals surface area contributed by atoms with Gasteiger partial charge in [-0.15, -0.1) is 0 Å². The van der Waals surface area contributed by atoms with Gasteiger partial charge in [-0.05, 0) is 30.9 Å².